The number of ether oxygens (including phenoxy) is 2. The molecule has 1 aliphatic rings. The summed E-state index contributed by atoms with van der Waals surface area (Å²) in [6.45, 7) is 5.63. The molecule has 0 radical (unpaired) electrons. The van der Waals surface area contributed by atoms with E-state index >= 15 is 0 Å². The highest BCUT2D eigenvalue weighted by Crippen LogP contribution is 2.23. The van der Waals surface area contributed by atoms with Gasteiger partial charge in [0.05, 0.1) is 25.5 Å². The molecule has 0 unspecified atom stereocenters. The first-order chi connectivity index (χ1) is 13.3. The number of aromatic nitrogens is 2. The third-order valence-corrected chi connectivity index (χ3v) is 4.72. The first-order valence-electron chi connectivity index (χ1n) is 9.36. The average molecular weight is 393 g/mol. The van der Waals surface area contributed by atoms with Crippen molar-refractivity contribution in [2.75, 3.05) is 26.3 Å². The molecule has 1 amide bonds. The minimum absolute atomic E-state index is 0.0495. The lowest BCUT2D eigenvalue weighted by Gasteiger charge is -2.33. The van der Waals surface area contributed by atoms with Crippen LogP contribution in [0.15, 0.2) is 24.3 Å². The third-order valence-electron chi connectivity index (χ3n) is 4.72. The van der Waals surface area contributed by atoms with Crippen LogP contribution in [-0.4, -0.2) is 46.9 Å². The van der Waals surface area contributed by atoms with Crippen molar-refractivity contribution >= 4 is 5.91 Å². The van der Waals surface area contributed by atoms with E-state index in [0.717, 1.165) is 23.5 Å². The Bertz CT molecular complexity index is 838. The van der Waals surface area contributed by atoms with E-state index in [2.05, 4.69) is 5.10 Å². The summed E-state index contributed by atoms with van der Waals surface area (Å²) in [4.78, 5) is 14.1. The molecule has 8 heteroatoms. The van der Waals surface area contributed by atoms with Gasteiger partial charge >= 0.3 is 0 Å². The number of carbonyl (C=O) groups excluding carboxylic acids is 1. The molecule has 2 heterocycles. The molecule has 1 aliphatic heterocycles. The van der Waals surface area contributed by atoms with Crippen molar-refractivity contribution in [3.8, 4) is 5.75 Å². The molecule has 0 N–H and O–H groups in total. The summed E-state index contributed by atoms with van der Waals surface area (Å²) in [6, 6.07) is 5.39. The number of nitrogens with zero attached hydrogens (tertiary/aromatic N) is 3. The molecule has 28 heavy (non-hydrogen) atoms. The summed E-state index contributed by atoms with van der Waals surface area (Å²) in [5.74, 6) is -1.49. The highest BCUT2D eigenvalue weighted by molar-refractivity contribution is 5.78. The standard InChI is InChI=1S/C20H25F2N3O3/c1-13(2)20(26)25-7-9-28-19(12-25)18-10-14(24(3)23-18)6-8-27-15-4-5-16(21)17(22)11-15/h4-5,10-11,13,19H,6-9,12H2,1-3H3/t19-/m1/s1. The topological polar surface area (TPSA) is 56.6 Å². The van der Waals surface area contributed by atoms with Gasteiger partial charge in [-0.25, -0.2) is 8.78 Å². The van der Waals surface area contributed by atoms with Gasteiger partial charge in [-0.15, -0.1) is 0 Å². The second-order valence-electron chi connectivity index (χ2n) is 7.16. The molecular formula is C20H25F2N3O3. The maximum absolute atomic E-state index is 13.2. The molecule has 1 atom stereocenters. The fourth-order valence-electron chi connectivity index (χ4n) is 3.16. The van der Waals surface area contributed by atoms with Crippen LogP contribution in [0.4, 0.5) is 8.78 Å². The van der Waals surface area contributed by atoms with Crippen LogP contribution < -0.4 is 4.74 Å². The SMILES string of the molecule is CC(C)C(=O)N1CCO[C@@H](c2cc(CCOc3ccc(F)c(F)c3)n(C)n2)C1. The molecule has 1 aromatic carbocycles. The number of hydrogen-bond acceptors (Lipinski definition) is 4. The molecule has 3 rings (SSSR count). The van der Waals surface area contributed by atoms with Gasteiger partial charge in [0.15, 0.2) is 11.6 Å². The smallest absolute Gasteiger partial charge is 0.225 e. The first-order valence-corrected chi connectivity index (χ1v) is 9.36. The van der Waals surface area contributed by atoms with E-state index in [0.29, 0.717) is 32.7 Å². The minimum Gasteiger partial charge on any atom is -0.493 e. The quantitative estimate of drug-likeness (QED) is 0.757. The van der Waals surface area contributed by atoms with Gasteiger partial charge in [-0.3, -0.25) is 9.48 Å². The third kappa shape index (κ3) is 4.67. The molecule has 0 aliphatic carbocycles. The zero-order valence-electron chi connectivity index (χ0n) is 16.3. The van der Waals surface area contributed by atoms with Gasteiger partial charge in [-0.1, -0.05) is 13.8 Å². The summed E-state index contributed by atoms with van der Waals surface area (Å²) in [7, 11) is 1.83. The van der Waals surface area contributed by atoms with E-state index in [1.165, 1.54) is 6.07 Å². The first kappa shape index (κ1) is 20.3. The monoisotopic (exact) mass is 393 g/mol. The van der Waals surface area contributed by atoms with Crippen molar-refractivity contribution in [3.63, 3.8) is 0 Å². The summed E-state index contributed by atoms with van der Waals surface area (Å²) in [5.41, 5.74) is 1.69. The van der Waals surface area contributed by atoms with Crippen molar-refractivity contribution in [2.45, 2.75) is 26.4 Å². The van der Waals surface area contributed by atoms with Crippen molar-refractivity contribution in [1.82, 2.24) is 14.7 Å². The average Bonchev–Trinajstić information content (AvgIpc) is 3.05. The van der Waals surface area contributed by atoms with E-state index in [9.17, 15) is 13.6 Å². The van der Waals surface area contributed by atoms with Crippen LogP contribution in [0.3, 0.4) is 0 Å². The zero-order valence-corrected chi connectivity index (χ0v) is 16.3. The molecule has 1 fully saturated rings. The van der Waals surface area contributed by atoms with Crippen LogP contribution in [-0.2, 0) is 23.0 Å². The molecule has 2 aromatic rings. The predicted molar refractivity (Wildman–Crippen MR) is 98.9 cm³/mol. The van der Waals surface area contributed by atoms with E-state index < -0.39 is 11.6 Å². The number of amides is 1. The maximum Gasteiger partial charge on any atom is 0.225 e. The van der Waals surface area contributed by atoms with Crippen molar-refractivity contribution in [2.24, 2.45) is 13.0 Å². The Kier molecular flexibility index (Phi) is 6.28. The molecule has 152 valence electrons. The molecule has 0 spiro atoms. The van der Waals surface area contributed by atoms with Crippen LogP contribution in [0.1, 0.15) is 31.3 Å². The number of benzene rings is 1. The summed E-state index contributed by atoms with van der Waals surface area (Å²) >= 11 is 0. The van der Waals surface area contributed by atoms with Crippen LogP contribution >= 0.6 is 0 Å². The largest absolute Gasteiger partial charge is 0.493 e. The lowest BCUT2D eigenvalue weighted by Crippen LogP contribution is -2.44. The van der Waals surface area contributed by atoms with Crippen molar-refractivity contribution < 1.29 is 23.0 Å². The molecule has 1 saturated heterocycles. The van der Waals surface area contributed by atoms with Crippen molar-refractivity contribution in [1.29, 1.82) is 0 Å². The Balaban J connectivity index is 1.59. The number of aryl methyl sites for hydroxylation is 1. The Morgan fingerprint density at radius 1 is 1.32 bits per heavy atom. The van der Waals surface area contributed by atoms with Crippen molar-refractivity contribution in [3.05, 3.63) is 47.3 Å². The fraction of sp³-hybridized carbons (Fsp3) is 0.500. The van der Waals surface area contributed by atoms with Crippen LogP contribution in [0.2, 0.25) is 0 Å². The summed E-state index contributed by atoms with van der Waals surface area (Å²) < 4.78 is 39.2. The normalized spacial score (nSPS) is 17.2. The fourth-order valence-corrected chi connectivity index (χ4v) is 3.16. The number of carbonyl (C=O) groups is 1. The van der Waals surface area contributed by atoms with E-state index in [-0.39, 0.29) is 23.7 Å². The van der Waals surface area contributed by atoms with Gasteiger partial charge in [-0.2, -0.15) is 5.10 Å². The van der Waals surface area contributed by atoms with Crippen LogP contribution in [0.25, 0.3) is 0 Å². The Morgan fingerprint density at radius 2 is 2.11 bits per heavy atom. The Labute approximate surface area is 163 Å². The van der Waals surface area contributed by atoms with Gasteiger partial charge < -0.3 is 14.4 Å². The van der Waals surface area contributed by atoms with Gasteiger partial charge in [0.25, 0.3) is 0 Å². The van der Waals surface area contributed by atoms with Gasteiger partial charge in [-0.05, 0) is 18.2 Å². The van der Waals surface area contributed by atoms with E-state index in [1.54, 1.807) is 4.68 Å². The predicted octanol–water partition coefficient (Wildman–Crippen LogP) is 2.88. The van der Waals surface area contributed by atoms with Crippen LogP contribution in [0, 0.1) is 17.6 Å². The van der Waals surface area contributed by atoms with Crippen LogP contribution in [0.5, 0.6) is 5.75 Å². The van der Waals surface area contributed by atoms with Gasteiger partial charge in [0, 0.05) is 37.7 Å². The number of rotatable bonds is 6. The number of halogens is 2. The number of morpholine rings is 1. The lowest BCUT2D eigenvalue weighted by molar-refractivity contribution is -0.142. The highest BCUT2D eigenvalue weighted by atomic mass is 19.2. The van der Waals surface area contributed by atoms with Gasteiger partial charge in [0.1, 0.15) is 11.9 Å². The summed E-state index contributed by atoms with van der Waals surface area (Å²) in [5, 5.41) is 4.51. The van der Waals surface area contributed by atoms with Gasteiger partial charge in [0.2, 0.25) is 5.91 Å². The molecular weight excluding hydrogens is 368 g/mol. The maximum atomic E-state index is 13.2. The molecule has 0 bridgehead atoms. The molecule has 6 nitrogen and oxygen atoms in total. The lowest BCUT2D eigenvalue weighted by atomic mass is 10.1. The molecule has 1 aromatic heterocycles. The Hall–Kier alpha value is -2.48. The second-order valence-corrected chi connectivity index (χ2v) is 7.16. The second kappa shape index (κ2) is 8.68. The minimum atomic E-state index is -0.935. The Morgan fingerprint density at radius 3 is 2.82 bits per heavy atom. The summed E-state index contributed by atoms with van der Waals surface area (Å²) in [6.07, 6.45) is 0.285. The van der Waals surface area contributed by atoms with E-state index in [1.807, 2.05) is 31.9 Å². The molecule has 0 saturated carbocycles. The number of hydrogen-bond donors (Lipinski definition) is 0. The highest BCUT2D eigenvalue weighted by Gasteiger charge is 2.28. The van der Waals surface area contributed by atoms with E-state index in [4.69, 9.17) is 9.47 Å². The zero-order chi connectivity index (χ0) is 20.3.